The van der Waals surface area contributed by atoms with Crippen LogP contribution < -0.4 is 14.9 Å². The van der Waals surface area contributed by atoms with Gasteiger partial charge in [0.25, 0.3) is 0 Å². The summed E-state index contributed by atoms with van der Waals surface area (Å²) in [6.07, 6.45) is 1.75. The molecule has 0 aliphatic carbocycles. The summed E-state index contributed by atoms with van der Waals surface area (Å²) >= 11 is 20.2. The summed E-state index contributed by atoms with van der Waals surface area (Å²) in [4.78, 5) is 12.1. The van der Waals surface area contributed by atoms with E-state index in [-0.39, 0.29) is 18.9 Å². The van der Waals surface area contributed by atoms with Crippen LogP contribution in [-0.2, 0) is 17.8 Å². The molecule has 0 heterocycles. The van der Waals surface area contributed by atoms with E-state index in [1.807, 2.05) is 12.1 Å². The van der Waals surface area contributed by atoms with E-state index < -0.39 is 0 Å². The Balaban J connectivity index is 1.64. The molecule has 0 saturated heterocycles. The third-order valence-corrected chi connectivity index (χ3v) is 5.96. The van der Waals surface area contributed by atoms with Crippen LogP contribution in [0.2, 0.25) is 15.1 Å². The predicted molar refractivity (Wildman–Crippen MR) is 137 cm³/mol. The highest BCUT2D eigenvalue weighted by Gasteiger charge is 2.13. The van der Waals surface area contributed by atoms with Crippen LogP contribution in [0.3, 0.4) is 0 Å². The first-order chi connectivity index (χ1) is 15.4. The lowest BCUT2D eigenvalue weighted by atomic mass is 10.1. The summed E-state index contributed by atoms with van der Waals surface area (Å²) in [5, 5.41) is 5.76. The van der Waals surface area contributed by atoms with Crippen molar-refractivity contribution in [1.29, 1.82) is 0 Å². The lowest BCUT2D eigenvalue weighted by Gasteiger charge is -2.14. The molecular weight excluding hydrogens is 586 g/mol. The topological polar surface area (TPSA) is 59.9 Å². The number of nitrogens with zero attached hydrogens (tertiary/aromatic N) is 1. The fraction of sp³-hybridized carbons (Fsp3) is 0.130. The Morgan fingerprint density at radius 3 is 2.47 bits per heavy atom. The minimum atomic E-state index is -0.231. The highest BCUT2D eigenvalue weighted by atomic mass is 127. The number of rotatable bonds is 8. The van der Waals surface area contributed by atoms with Gasteiger partial charge in [0.2, 0.25) is 5.91 Å². The molecule has 0 saturated carbocycles. The van der Waals surface area contributed by atoms with Gasteiger partial charge in [-0.3, -0.25) is 4.79 Å². The Morgan fingerprint density at radius 1 is 1.06 bits per heavy atom. The number of halogens is 4. The smallest absolute Gasteiger partial charge is 0.244 e. The zero-order chi connectivity index (χ0) is 23.1. The van der Waals surface area contributed by atoms with Gasteiger partial charge < -0.3 is 9.47 Å². The molecule has 9 heteroatoms. The summed E-state index contributed by atoms with van der Waals surface area (Å²) < 4.78 is 12.3. The number of carbonyl (C=O) groups excluding carboxylic acids is 1. The highest BCUT2D eigenvalue weighted by molar-refractivity contribution is 14.1. The molecule has 0 spiro atoms. The van der Waals surface area contributed by atoms with Crippen LogP contribution in [0.5, 0.6) is 11.5 Å². The van der Waals surface area contributed by atoms with Crippen molar-refractivity contribution in [2.75, 3.05) is 7.11 Å². The number of benzene rings is 3. The minimum Gasteiger partial charge on any atom is -0.493 e. The molecule has 3 aromatic rings. The van der Waals surface area contributed by atoms with E-state index >= 15 is 0 Å². The first-order valence-electron chi connectivity index (χ1n) is 9.36. The zero-order valence-corrected chi connectivity index (χ0v) is 21.3. The summed E-state index contributed by atoms with van der Waals surface area (Å²) in [6, 6.07) is 16.0. The van der Waals surface area contributed by atoms with Gasteiger partial charge in [0.1, 0.15) is 6.61 Å². The molecule has 3 aromatic carbocycles. The molecule has 32 heavy (non-hydrogen) atoms. The van der Waals surface area contributed by atoms with Gasteiger partial charge in [-0.2, -0.15) is 5.10 Å². The SMILES string of the molecule is COc1cc(/C=N\NC(=O)Cc2ccc(Cl)cc2)cc(I)c1OCc1ccc(Cl)cc1Cl. The fourth-order valence-corrected chi connectivity index (χ4v) is 4.12. The number of methoxy groups -OCH3 is 1. The van der Waals surface area contributed by atoms with Crippen LogP contribution in [0, 0.1) is 3.57 Å². The number of ether oxygens (including phenoxy) is 2. The Hall–Kier alpha value is -2.00. The lowest BCUT2D eigenvalue weighted by molar-refractivity contribution is -0.120. The molecule has 1 amide bonds. The number of amides is 1. The van der Waals surface area contributed by atoms with Crippen molar-refractivity contribution in [2.24, 2.45) is 5.10 Å². The van der Waals surface area contributed by atoms with Crippen LogP contribution in [0.1, 0.15) is 16.7 Å². The van der Waals surface area contributed by atoms with Crippen LogP contribution >= 0.6 is 57.4 Å². The monoisotopic (exact) mass is 602 g/mol. The van der Waals surface area contributed by atoms with Crippen molar-refractivity contribution in [3.8, 4) is 11.5 Å². The molecule has 5 nitrogen and oxygen atoms in total. The summed E-state index contributed by atoms with van der Waals surface area (Å²) in [5.74, 6) is 0.893. The number of hydrogen-bond donors (Lipinski definition) is 1. The van der Waals surface area contributed by atoms with Gasteiger partial charge in [0.05, 0.1) is 23.3 Å². The highest BCUT2D eigenvalue weighted by Crippen LogP contribution is 2.34. The second kappa shape index (κ2) is 11.7. The summed E-state index contributed by atoms with van der Waals surface area (Å²) in [7, 11) is 1.56. The Bertz CT molecular complexity index is 1140. The van der Waals surface area contributed by atoms with Gasteiger partial charge in [-0.25, -0.2) is 5.43 Å². The maximum atomic E-state index is 12.1. The van der Waals surface area contributed by atoms with Crippen molar-refractivity contribution in [3.05, 3.63) is 89.9 Å². The van der Waals surface area contributed by atoms with E-state index in [2.05, 4.69) is 33.1 Å². The van der Waals surface area contributed by atoms with E-state index in [1.165, 1.54) is 0 Å². The second-order valence-corrected chi connectivity index (χ2v) is 9.10. The molecule has 1 N–H and O–H groups in total. The molecule has 0 bridgehead atoms. The average molecular weight is 604 g/mol. The molecule has 166 valence electrons. The number of hydrazone groups is 1. The second-order valence-electron chi connectivity index (χ2n) is 6.65. The summed E-state index contributed by atoms with van der Waals surface area (Å²) in [5.41, 5.74) is 4.92. The van der Waals surface area contributed by atoms with Crippen molar-refractivity contribution in [1.82, 2.24) is 5.43 Å². The van der Waals surface area contributed by atoms with E-state index in [0.717, 1.165) is 20.3 Å². The largest absolute Gasteiger partial charge is 0.493 e. The zero-order valence-electron chi connectivity index (χ0n) is 16.9. The van der Waals surface area contributed by atoms with Crippen LogP contribution in [0.25, 0.3) is 0 Å². The Labute approximate surface area is 214 Å². The first-order valence-corrected chi connectivity index (χ1v) is 11.6. The number of hydrogen-bond acceptors (Lipinski definition) is 4. The van der Waals surface area contributed by atoms with Crippen LogP contribution in [0.4, 0.5) is 0 Å². The molecule has 0 radical (unpaired) electrons. The molecule has 0 aliphatic rings. The molecular formula is C23H18Cl3IN2O3. The maximum absolute atomic E-state index is 12.1. The molecule has 0 atom stereocenters. The van der Waals surface area contributed by atoms with Gasteiger partial charge in [-0.05, 0) is 70.1 Å². The van der Waals surface area contributed by atoms with E-state index in [9.17, 15) is 4.79 Å². The van der Waals surface area contributed by atoms with E-state index in [0.29, 0.717) is 26.6 Å². The van der Waals surface area contributed by atoms with Gasteiger partial charge in [-0.15, -0.1) is 0 Å². The fourth-order valence-electron chi connectivity index (χ4n) is 2.75. The van der Waals surface area contributed by atoms with Crippen molar-refractivity contribution in [3.63, 3.8) is 0 Å². The van der Waals surface area contributed by atoms with E-state index in [4.69, 9.17) is 44.3 Å². The number of nitrogens with one attached hydrogen (secondary N) is 1. The van der Waals surface area contributed by atoms with Crippen LogP contribution in [-0.4, -0.2) is 19.2 Å². The van der Waals surface area contributed by atoms with Crippen LogP contribution in [0.15, 0.2) is 59.7 Å². The third-order valence-electron chi connectivity index (χ3n) is 4.32. The predicted octanol–water partition coefficient (Wildman–Crippen LogP) is 6.53. The minimum absolute atomic E-state index is 0.204. The van der Waals surface area contributed by atoms with Crippen molar-refractivity contribution >= 4 is 69.5 Å². The quantitative estimate of drug-likeness (QED) is 0.181. The maximum Gasteiger partial charge on any atom is 0.244 e. The Kier molecular flexibility index (Phi) is 9.04. The molecule has 0 fully saturated rings. The molecule has 3 rings (SSSR count). The third kappa shape index (κ3) is 7.00. The summed E-state index contributed by atoms with van der Waals surface area (Å²) in [6.45, 7) is 0.260. The Morgan fingerprint density at radius 2 is 1.78 bits per heavy atom. The standard InChI is InChI=1S/C23H18Cl3IN2O3/c1-31-21-9-15(12-28-29-22(30)10-14-2-5-17(24)6-3-14)8-20(27)23(21)32-13-16-4-7-18(25)11-19(16)26/h2-9,11-12H,10,13H2,1H3,(H,29,30)/b28-12-. The molecule has 0 unspecified atom stereocenters. The van der Waals surface area contributed by atoms with Gasteiger partial charge >= 0.3 is 0 Å². The lowest BCUT2D eigenvalue weighted by Crippen LogP contribution is -2.19. The van der Waals surface area contributed by atoms with Gasteiger partial charge in [-0.1, -0.05) is 53.0 Å². The van der Waals surface area contributed by atoms with Gasteiger partial charge in [0, 0.05) is 20.6 Å². The van der Waals surface area contributed by atoms with Gasteiger partial charge in [0.15, 0.2) is 11.5 Å². The van der Waals surface area contributed by atoms with E-state index in [1.54, 1.807) is 55.8 Å². The average Bonchev–Trinajstić information content (AvgIpc) is 2.75. The van der Waals surface area contributed by atoms with Crippen molar-refractivity contribution < 1.29 is 14.3 Å². The first kappa shape index (κ1) is 24.6. The molecule has 0 aliphatic heterocycles. The van der Waals surface area contributed by atoms with Crippen molar-refractivity contribution in [2.45, 2.75) is 13.0 Å². The molecule has 0 aromatic heterocycles. The number of carbonyl (C=O) groups is 1. The normalized spacial score (nSPS) is 10.9.